The van der Waals surface area contributed by atoms with E-state index in [9.17, 15) is 4.79 Å². The number of rotatable bonds is 7. The largest absolute Gasteiger partial charge is 0.496 e. The monoisotopic (exact) mass is 366 g/mol. The standard InChI is InChI=1S/C21H22N2O2S/c1-23(14-16-8-4-3-5-9-16)20(24)13-12-17-15-26-21(22-17)18-10-6-7-11-19(18)25-2/h3-11,15H,12-14H2,1-2H3. The molecule has 0 atom stereocenters. The zero-order valence-corrected chi connectivity index (χ0v) is 15.8. The molecule has 1 amide bonds. The number of amides is 1. The number of carbonyl (C=O) groups excluding carboxylic acids is 1. The lowest BCUT2D eigenvalue weighted by atomic mass is 10.2. The van der Waals surface area contributed by atoms with Crippen LogP contribution >= 0.6 is 11.3 Å². The van der Waals surface area contributed by atoms with E-state index in [0.29, 0.717) is 19.4 Å². The molecule has 5 heteroatoms. The van der Waals surface area contributed by atoms with E-state index < -0.39 is 0 Å². The SMILES string of the molecule is COc1ccccc1-c1nc(CCC(=O)N(C)Cc2ccccc2)cs1. The average molecular weight is 366 g/mol. The number of hydrogen-bond acceptors (Lipinski definition) is 4. The third kappa shape index (κ3) is 4.49. The second-order valence-electron chi connectivity index (χ2n) is 6.08. The van der Waals surface area contributed by atoms with Crippen molar-refractivity contribution in [1.29, 1.82) is 0 Å². The van der Waals surface area contributed by atoms with Gasteiger partial charge in [0.15, 0.2) is 0 Å². The minimum absolute atomic E-state index is 0.126. The van der Waals surface area contributed by atoms with Crippen molar-refractivity contribution in [2.24, 2.45) is 0 Å². The predicted molar refractivity (Wildman–Crippen MR) is 105 cm³/mol. The normalized spacial score (nSPS) is 10.5. The van der Waals surface area contributed by atoms with Gasteiger partial charge >= 0.3 is 0 Å². The summed E-state index contributed by atoms with van der Waals surface area (Å²) in [6.45, 7) is 0.628. The Morgan fingerprint density at radius 3 is 2.62 bits per heavy atom. The third-order valence-corrected chi connectivity index (χ3v) is 5.10. The van der Waals surface area contributed by atoms with E-state index in [1.54, 1.807) is 23.3 Å². The van der Waals surface area contributed by atoms with E-state index in [1.807, 2.05) is 67.0 Å². The van der Waals surface area contributed by atoms with E-state index in [1.165, 1.54) is 0 Å². The number of methoxy groups -OCH3 is 1. The van der Waals surface area contributed by atoms with E-state index in [0.717, 1.165) is 27.6 Å². The van der Waals surface area contributed by atoms with Crippen molar-refractivity contribution in [2.45, 2.75) is 19.4 Å². The Morgan fingerprint density at radius 2 is 1.85 bits per heavy atom. The number of thiazole rings is 1. The Bertz CT molecular complexity index is 861. The summed E-state index contributed by atoms with van der Waals surface area (Å²) in [6.07, 6.45) is 1.10. The second-order valence-corrected chi connectivity index (χ2v) is 6.94. The van der Waals surface area contributed by atoms with Crippen LogP contribution in [0.15, 0.2) is 60.0 Å². The third-order valence-electron chi connectivity index (χ3n) is 4.17. The molecule has 1 heterocycles. The highest BCUT2D eigenvalue weighted by Gasteiger charge is 2.13. The number of ether oxygens (including phenoxy) is 1. The highest BCUT2D eigenvalue weighted by atomic mass is 32.1. The van der Waals surface area contributed by atoms with Gasteiger partial charge in [-0.15, -0.1) is 11.3 Å². The Kier molecular flexibility index (Phi) is 6.02. The summed E-state index contributed by atoms with van der Waals surface area (Å²) in [5.74, 6) is 0.938. The molecule has 0 saturated heterocycles. The van der Waals surface area contributed by atoms with Crippen molar-refractivity contribution >= 4 is 17.2 Å². The maximum Gasteiger partial charge on any atom is 0.223 e. The molecule has 0 N–H and O–H groups in total. The fraction of sp³-hybridized carbons (Fsp3) is 0.238. The molecular weight excluding hydrogens is 344 g/mol. The van der Waals surface area contributed by atoms with Crippen LogP contribution in [0.2, 0.25) is 0 Å². The maximum absolute atomic E-state index is 12.4. The molecule has 0 aliphatic rings. The van der Waals surface area contributed by atoms with Crippen molar-refractivity contribution in [3.8, 4) is 16.3 Å². The molecule has 1 aromatic heterocycles. The van der Waals surface area contributed by atoms with E-state index in [-0.39, 0.29) is 5.91 Å². The van der Waals surface area contributed by atoms with Crippen LogP contribution in [0.4, 0.5) is 0 Å². The highest BCUT2D eigenvalue weighted by Crippen LogP contribution is 2.32. The van der Waals surface area contributed by atoms with Gasteiger partial charge in [0.2, 0.25) is 5.91 Å². The molecule has 0 fully saturated rings. The summed E-state index contributed by atoms with van der Waals surface area (Å²) in [4.78, 5) is 18.8. The average Bonchev–Trinajstić information content (AvgIpc) is 3.15. The van der Waals surface area contributed by atoms with Gasteiger partial charge in [0.05, 0.1) is 18.4 Å². The van der Waals surface area contributed by atoms with Gasteiger partial charge in [-0.2, -0.15) is 0 Å². The van der Waals surface area contributed by atoms with Crippen LogP contribution in [0.1, 0.15) is 17.7 Å². The van der Waals surface area contributed by atoms with Crippen LogP contribution in [0.5, 0.6) is 5.75 Å². The molecule has 0 spiro atoms. The van der Waals surface area contributed by atoms with Gasteiger partial charge in [-0.3, -0.25) is 4.79 Å². The molecule has 0 unspecified atom stereocenters. The summed E-state index contributed by atoms with van der Waals surface area (Å²) >= 11 is 1.58. The number of hydrogen-bond donors (Lipinski definition) is 0. The van der Waals surface area contributed by atoms with Crippen LogP contribution in [-0.2, 0) is 17.8 Å². The molecule has 0 saturated carbocycles. The van der Waals surface area contributed by atoms with Crippen molar-refractivity contribution in [2.75, 3.05) is 14.2 Å². The first kappa shape index (κ1) is 18.1. The molecule has 4 nitrogen and oxygen atoms in total. The summed E-state index contributed by atoms with van der Waals surface area (Å²) in [7, 11) is 3.51. The Labute approximate surface area is 158 Å². The zero-order chi connectivity index (χ0) is 18.4. The molecule has 0 radical (unpaired) electrons. The van der Waals surface area contributed by atoms with Gasteiger partial charge < -0.3 is 9.64 Å². The topological polar surface area (TPSA) is 42.4 Å². The van der Waals surface area contributed by atoms with Gasteiger partial charge in [0.1, 0.15) is 10.8 Å². The maximum atomic E-state index is 12.4. The van der Waals surface area contributed by atoms with Crippen LogP contribution < -0.4 is 4.74 Å². The lowest BCUT2D eigenvalue weighted by Gasteiger charge is -2.17. The summed E-state index contributed by atoms with van der Waals surface area (Å²) in [5.41, 5.74) is 3.06. The molecule has 0 aliphatic carbocycles. The van der Waals surface area contributed by atoms with Gasteiger partial charge in [-0.25, -0.2) is 4.98 Å². The number of aryl methyl sites for hydroxylation is 1. The Hall–Kier alpha value is -2.66. The summed E-state index contributed by atoms with van der Waals surface area (Å²) < 4.78 is 5.40. The number of carbonyl (C=O) groups is 1. The predicted octanol–water partition coefficient (Wildman–Crippen LogP) is 4.41. The first-order chi connectivity index (χ1) is 12.7. The van der Waals surface area contributed by atoms with E-state index >= 15 is 0 Å². The van der Waals surface area contributed by atoms with Crippen LogP contribution in [-0.4, -0.2) is 29.9 Å². The van der Waals surface area contributed by atoms with Crippen molar-refractivity contribution in [3.05, 3.63) is 71.2 Å². The minimum Gasteiger partial charge on any atom is -0.496 e. The van der Waals surface area contributed by atoms with Crippen molar-refractivity contribution in [1.82, 2.24) is 9.88 Å². The fourth-order valence-corrected chi connectivity index (χ4v) is 3.62. The van der Waals surface area contributed by atoms with Crippen molar-refractivity contribution in [3.63, 3.8) is 0 Å². The molecule has 0 aliphatic heterocycles. The second kappa shape index (κ2) is 8.63. The lowest BCUT2D eigenvalue weighted by molar-refractivity contribution is -0.130. The first-order valence-corrected chi connectivity index (χ1v) is 9.41. The molecule has 3 aromatic rings. The molecule has 134 valence electrons. The smallest absolute Gasteiger partial charge is 0.223 e. The zero-order valence-electron chi connectivity index (χ0n) is 15.0. The van der Waals surface area contributed by atoms with Gasteiger partial charge in [-0.1, -0.05) is 42.5 Å². The first-order valence-electron chi connectivity index (χ1n) is 8.53. The Morgan fingerprint density at radius 1 is 1.12 bits per heavy atom. The number of aromatic nitrogens is 1. The van der Waals surface area contributed by atoms with E-state index in [4.69, 9.17) is 4.74 Å². The van der Waals surface area contributed by atoms with Crippen molar-refractivity contribution < 1.29 is 9.53 Å². The fourth-order valence-electron chi connectivity index (χ4n) is 2.74. The lowest BCUT2D eigenvalue weighted by Crippen LogP contribution is -2.26. The molecule has 3 rings (SSSR count). The minimum atomic E-state index is 0.126. The number of para-hydroxylation sites is 1. The summed E-state index contributed by atoms with van der Waals surface area (Å²) in [5, 5.41) is 2.94. The molecule has 2 aromatic carbocycles. The summed E-state index contributed by atoms with van der Waals surface area (Å²) in [6, 6.07) is 17.9. The molecular formula is C21H22N2O2S. The quantitative estimate of drug-likeness (QED) is 0.622. The highest BCUT2D eigenvalue weighted by molar-refractivity contribution is 7.13. The Balaban J connectivity index is 1.58. The molecule has 26 heavy (non-hydrogen) atoms. The van der Waals surface area contributed by atoms with Gasteiger partial charge in [0, 0.05) is 25.4 Å². The van der Waals surface area contributed by atoms with Gasteiger partial charge in [0.25, 0.3) is 0 Å². The van der Waals surface area contributed by atoms with E-state index in [2.05, 4.69) is 4.98 Å². The van der Waals surface area contributed by atoms with Crippen LogP contribution in [0, 0.1) is 0 Å². The number of nitrogens with zero attached hydrogens (tertiary/aromatic N) is 2. The van der Waals surface area contributed by atoms with Gasteiger partial charge in [-0.05, 0) is 24.1 Å². The van der Waals surface area contributed by atoms with Crippen LogP contribution in [0.3, 0.4) is 0 Å². The van der Waals surface area contributed by atoms with Crippen LogP contribution in [0.25, 0.3) is 10.6 Å². The number of benzene rings is 2. The molecule has 0 bridgehead atoms.